The van der Waals surface area contributed by atoms with Crippen LogP contribution in [0.4, 0.5) is 0 Å². The summed E-state index contributed by atoms with van der Waals surface area (Å²) >= 11 is 0. The normalized spacial score (nSPS) is 13.1. The zero-order valence-corrected chi connectivity index (χ0v) is 27.6. The summed E-state index contributed by atoms with van der Waals surface area (Å²) < 4.78 is 0. The van der Waals surface area contributed by atoms with E-state index in [4.69, 9.17) is 15.0 Å². The molecule has 4 aromatic rings. The molecule has 7 nitrogen and oxygen atoms in total. The molecule has 0 radical (unpaired) electrons. The van der Waals surface area contributed by atoms with Crippen molar-refractivity contribution in [2.24, 2.45) is 0 Å². The number of H-pyrrole nitrogens is 2. The summed E-state index contributed by atoms with van der Waals surface area (Å²) in [6, 6.07) is 23.5. The van der Waals surface area contributed by atoms with Crippen LogP contribution < -0.4 is 0 Å². The zero-order chi connectivity index (χ0) is 31.2. The fourth-order valence-corrected chi connectivity index (χ4v) is 6.32. The smallest absolute Gasteiger partial charge is 0.478 e. The van der Waals surface area contributed by atoms with Gasteiger partial charge >= 0.3 is 26.4 Å². The summed E-state index contributed by atoms with van der Waals surface area (Å²) in [6.45, 7) is 8.56. The molecule has 7 rings (SSSR count). The second-order valence-corrected chi connectivity index (χ2v) is 11.5. The van der Waals surface area contributed by atoms with Crippen LogP contribution in [0, 0.1) is 0 Å². The van der Waals surface area contributed by atoms with Crippen molar-refractivity contribution in [2.75, 3.05) is 0 Å². The van der Waals surface area contributed by atoms with Crippen molar-refractivity contribution in [1.29, 1.82) is 0 Å². The number of nitrogens with one attached hydrogen (secondary N) is 2. The minimum Gasteiger partial charge on any atom is -0.478 e. The standard InChI is InChI=1S/C38H33N5O2.Pd/c1-5-29-21(3)33-17-27-13-15-31(40-27)37(23-7-9-24(10-8-23)38(44)45)32-16-14-28(41-32)18-34-22(4)30(6-2)36(43-34)20-26-12-11-25(39-26)19-35(29)42-33;/h7-20,40-41H,5-6H2,1-4H3,(H,44,45);/q;+2. The van der Waals surface area contributed by atoms with Gasteiger partial charge in [-0.1, -0.05) is 26.0 Å². The van der Waals surface area contributed by atoms with Crippen LogP contribution in [0.15, 0.2) is 72.8 Å². The summed E-state index contributed by atoms with van der Waals surface area (Å²) in [5.74, 6) is -0.952. The van der Waals surface area contributed by atoms with Crippen molar-refractivity contribution in [3.05, 3.63) is 113 Å². The summed E-state index contributed by atoms with van der Waals surface area (Å²) in [4.78, 5) is 33.7. The topological polar surface area (TPSA) is 108 Å². The Balaban J connectivity index is 0.00000372. The number of carboxylic acid groups (broad SMARTS) is 1. The van der Waals surface area contributed by atoms with Gasteiger partial charge in [-0.05, 0) is 127 Å². The van der Waals surface area contributed by atoms with Crippen molar-refractivity contribution in [3.8, 4) is 11.1 Å². The Kier molecular flexibility index (Phi) is 8.44. The number of allylic oxidation sites excluding steroid dienone is 4. The molecule has 0 spiro atoms. The van der Waals surface area contributed by atoms with Gasteiger partial charge in [-0.3, -0.25) is 0 Å². The minimum atomic E-state index is -0.952. The Hall–Kier alpha value is -4.90. The van der Waals surface area contributed by atoms with Crippen LogP contribution in [0.1, 0.15) is 85.1 Å². The molecule has 0 unspecified atom stereocenters. The Labute approximate surface area is 280 Å². The first-order valence-corrected chi connectivity index (χ1v) is 15.3. The summed E-state index contributed by atoms with van der Waals surface area (Å²) in [5, 5.41) is 9.49. The molecule has 230 valence electrons. The van der Waals surface area contributed by atoms with Crippen molar-refractivity contribution in [2.45, 2.75) is 40.5 Å². The summed E-state index contributed by atoms with van der Waals surface area (Å²) in [5.41, 5.74) is 15.9. The first-order chi connectivity index (χ1) is 21.8. The van der Waals surface area contributed by atoms with E-state index in [0.717, 1.165) is 91.3 Å². The fourth-order valence-electron chi connectivity index (χ4n) is 6.32. The average molecular weight is 698 g/mol. The molecule has 0 saturated heterocycles. The first kappa shape index (κ1) is 31.1. The third-order valence-corrected chi connectivity index (χ3v) is 8.69. The number of benzene rings is 1. The third kappa shape index (κ3) is 5.67. The van der Waals surface area contributed by atoms with Gasteiger partial charge in [0.1, 0.15) is 0 Å². The van der Waals surface area contributed by atoms with E-state index in [1.165, 1.54) is 11.1 Å². The van der Waals surface area contributed by atoms with E-state index in [1.54, 1.807) is 12.1 Å². The van der Waals surface area contributed by atoms with Gasteiger partial charge in [-0.15, -0.1) is 0 Å². The molecule has 3 aliphatic rings. The Bertz CT molecular complexity index is 2110. The van der Waals surface area contributed by atoms with E-state index >= 15 is 0 Å². The number of hydrogen-bond acceptors (Lipinski definition) is 4. The maximum Gasteiger partial charge on any atom is 2.00 e. The van der Waals surface area contributed by atoms with Crippen molar-refractivity contribution < 1.29 is 30.3 Å². The van der Waals surface area contributed by atoms with Crippen LogP contribution in [0.3, 0.4) is 0 Å². The summed E-state index contributed by atoms with van der Waals surface area (Å²) in [6.07, 6.45) is 5.80. The molecule has 0 fully saturated rings. The largest absolute Gasteiger partial charge is 2.00 e. The first-order valence-electron chi connectivity index (χ1n) is 15.3. The molecule has 3 aromatic heterocycles. The fraction of sp³-hybridized carbons (Fsp3) is 0.158. The molecule has 0 amide bonds. The SMILES string of the molecule is CCC1=C(C)c2cc3ccc([nH]3)c(-c3ccc(C(=O)O)cc3)c3ccc(cc4nc(cc5nc(cc1n2)C=C5)C(CC)=C4C)[nH]3.[Pd+2]. The molecule has 8 heteroatoms. The maximum absolute atomic E-state index is 11.6. The van der Waals surface area contributed by atoms with Gasteiger partial charge in [-0.2, -0.15) is 0 Å². The number of fused-ring (bicyclic) bond motifs is 10. The molecular formula is C38H33N5O2Pd+2. The molecular weight excluding hydrogens is 665 g/mol. The quantitative estimate of drug-likeness (QED) is 0.162. The number of hydrogen-bond donors (Lipinski definition) is 3. The Morgan fingerprint density at radius 1 is 0.652 bits per heavy atom. The van der Waals surface area contributed by atoms with Crippen LogP contribution >= 0.6 is 0 Å². The van der Waals surface area contributed by atoms with E-state index in [-0.39, 0.29) is 26.0 Å². The third-order valence-electron chi connectivity index (χ3n) is 8.69. The number of carboxylic acids is 1. The molecule has 3 aliphatic heterocycles. The maximum atomic E-state index is 11.6. The predicted octanol–water partition coefficient (Wildman–Crippen LogP) is 9.36. The van der Waals surface area contributed by atoms with Gasteiger partial charge in [0.2, 0.25) is 0 Å². The van der Waals surface area contributed by atoms with Crippen LogP contribution in [0.5, 0.6) is 0 Å². The molecule has 6 heterocycles. The van der Waals surface area contributed by atoms with E-state index in [2.05, 4.69) is 86.2 Å². The van der Waals surface area contributed by atoms with Crippen molar-refractivity contribution in [3.63, 3.8) is 0 Å². The van der Waals surface area contributed by atoms with Crippen LogP contribution in [-0.4, -0.2) is 36.0 Å². The number of aromatic carboxylic acids is 1. The number of nitrogens with zero attached hydrogens (tertiary/aromatic N) is 3. The predicted molar refractivity (Wildman–Crippen MR) is 183 cm³/mol. The van der Waals surface area contributed by atoms with E-state index in [0.29, 0.717) is 0 Å². The van der Waals surface area contributed by atoms with E-state index in [1.807, 2.05) is 24.3 Å². The van der Waals surface area contributed by atoms with Crippen LogP contribution in [0.25, 0.3) is 67.6 Å². The molecule has 0 aliphatic carbocycles. The summed E-state index contributed by atoms with van der Waals surface area (Å²) in [7, 11) is 0. The van der Waals surface area contributed by atoms with Crippen molar-refractivity contribution in [1.82, 2.24) is 24.9 Å². The van der Waals surface area contributed by atoms with Gasteiger partial charge in [-0.25, -0.2) is 19.7 Å². The Morgan fingerprint density at radius 3 is 1.57 bits per heavy atom. The van der Waals surface area contributed by atoms with Gasteiger partial charge < -0.3 is 15.1 Å². The molecule has 0 atom stereocenters. The van der Waals surface area contributed by atoms with Crippen LogP contribution in [0.2, 0.25) is 0 Å². The molecule has 46 heavy (non-hydrogen) atoms. The molecule has 3 N–H and O–H groups in total. The second kappa shape index (κ2) is 12.5. The molecule has 0 saturated carbocycles. The second-order valence-electron chi connectivity index (χ2n) is 11.5. The average Bonchev–Trinajstić information content (AvgIpc) is 3.86. The van der Waals surface area contributed by atoms with Gasteiger partial charge in [0.25, 0.3) is 0 Å². The van der Waals surface area contributed by atoms with Gasteiger partial charge in [0, 0.05) is 27.6 Å². The molecule has 10 bridgehead atoms. The Morgan fingerprint density at radius 2 is 1.13 bits per heavy atom. The monoisotopic (exact) mass is 697 g/mol. The number of rotatable bonds is 4. The molecule has 1 aromatic carbocycles. The number of aromatic nitrogens is 5. The minimum absolute atomic E-state index is 0. The van der Waals surface area contributed by atoms with Gasteiger partial charge in [0.05, 0.1) is 39.7 Å². The zero-order valence-electron chi connectivity index (χ0n) is 26.0. The van der Waals surface area contributed by atoms with E-state index in [9.17, 15) is 9.90 Å². The van der Waals surface area contributed by atoms with Crippen molar-refractivity contribution >= 4 is 62.5 Å². The van der Waals surface area contributed by atoms with Gasteiger partial charge in [0.15, 0.2) is 0 Å². The number of carbonyl (C=O) groups is 1. The van der Waals surface area contributed by atoms with E-state index < -0.39 is 5.97 Å². The van der Waals surface area contributed by atoms with Crippen LogP contribution in [-0.2, 0) is 20.4 Å². The number of aromatic amines is 2.